The number of rotatable bonds is 2. The molecule has 1 aliphatic carbocycles. The highest BCUT2D eigenvalue weighted by molar-refractivity contribution is 5.88. The number of aliphatic hydroxyl groups excluding tert-OH is 2. The quantitative estimate of drug-likeness (QED) is 0.652. The van der Waals surface area contributed by atoms with Gasteiger partial charge < -0.3 is 20.4 Å². The smallest absolute Gasteiger partial charge is 0.331 e. The van der Waals surface area contributed by atoms with Gasteiger partial charge in [-0.15, -0.1) is 0 Å². The van der Waals surface area contributed by atoms with Gasteiger partial charge in [0.05, 0.1) is 0 Å². The lowest BCUT2D eigenvalue weighted by Gasteiger charge is -2.31. The average Bonchev–Trinajstić information content (AvgIpc) is 2.36. The van der Waals surface area contributed by atoms with Crippen LogP contribution < -0.4 is 0 Å². The van der Waals surface area contributed by atoms with E-state index < -0.39 is 23.1 Å². The van der Waals surface area contributed by atoms with Gasteiger partial charge in [0.2, 0.25) is 0 Å². The standard InChI is InChI=1S/C14H14O5/c1-8-2-4-10(5-3-8)14(19)7-9(13(17)18)6-11(15)12(14)16/h2-6,15-16,19H,7H2,1H3,(H,17,18). The Morgan fingerprint density at radius 1 is 1.21 bits per heavy atom. The van der Waals surface area contributed by atoms with Gasteiger partial charge in [-0.25, -0.2) is 4.79 Å². The summed E-state index contributed by atoms with van der Waals surface area (Å²) in [5.74, 6) is -2.52. The molecular formula is C14H14O5. The van der Waals surface area contributed by atoms with Crippen LogP contribution in [-0.2, 0) is 10.4 Å². The van der Waals surface area contributed by atoms with Crippen LogP contribution >= 0.6 is 0 Å². The average molecular weight is 262 g/mol. The van der Waals surface area contributed by atoms with Crippen molar-refractivity contribution in [2.24, 2.45) is 0 Å². The van der Waals surface area contributed by atoms with E-state index in [9.17, 15) is 20.1 Å². The number of allylic oxidation sites excluding steroid dienone is 1. The topological polar surface area (TPSA) is 98.0 Å². The fraction of sp³-hybridized carbons (Fsp3) is 0.214. The maximum absolute atomic E-state index is 11.0. The molecule has 1 aromatic rings. The summed E-state index contributed by atoms with van der Waals surface area (Å²) in [5, 5.41) is 38.9. The predicted molar refractivity (Wildman–Crippen MR) is 67.7 cm³/mol. The molecule has 0 bridgehead atoms. The van der Waals surface area contributed by atoms with E-state index in [0.717, 1.165) is 11.6 Å². The highest BCUT2D eigenvalue weighted by atomic mass is 16.4. The Morgan fingerprint density at radius 2 is 1.79 bits per heavy atom. The number of hydrogen-bond donors (Lipinski definition) is 4. The third-order valence-corrected chi connectivity index (χ3v) is 3.20. The lowest BCUT2D eigenvalue weighted by Crippen LogP contribution is -2.33. The highest BCUT2D eigenvalue weighted by Crippen LogP contribution is 2.39. The molecule has 0 saturated heterocycles. The molecule has 0 amide bonds. The molecule has 0 aromatic heterocycles. The molecule has 2 rings (SSSR count). The molecule has 5 nitrogen and oxygen atoms in total. The number of aliphatic carboxylic acids is 1. The minimum atomic E-state index is -1.92. The first-order chi connectivity index (χ1) is 8.84. The first kappa shape index (κ1) is 13.2. The molecule has 0 heterocycles. The van der Waals surface area contributed by atoms with E-state index in [1.165, 1.54) is 0 Å². The summed E-state index contributed by atoms with van der Waals surface area (Å²) in [7, 11) is 0. The molecule has 5 heteroatoms. The minimum absolute atomic E-state index is 0.168. The van der Waals surface area contributed by atoms with Gasteiger partial charge in [-0.05, 0) is 18.6 Å². The zero-order chi connectivity index (χ0) is 14.2. The van der Waals surface area contributed by atoms with Crippen LogP contribution in [0.25, 0.3) is 0 Å². The zero-order valence-electron chi connectivity index (χ0n) is 10.3. The second-order valence-corrected chi connectivity index (χ2v) is 4.61. The molecule has 19 heavy (non-hydrogen) atoms. The summed E-state index contributed by atoms with van der Waals surface area (Å²) >= 11 is 0. The summed E-state index contributed by atoms with van der Waals surface area (Å²) in [4.78, 5) is 11.0. The molecule has 0 spiro atoms. The minimum Gasteiger partial charge on any atom is -0.506 e. The van der Waals surface area contributed by atoms with Gasteiger partial charge in [0, 0.05) is 12.0 Å². The largest absolute Gasteiger partial charge is 0.506 e. The van der Waals surface area contributed by atoms with Crippen molar-refractivity contribution in [1.29, 1.82) is 0 Å². The van der Waals surface area contributed by atoms with E-state index in [-0.39, 0.29) is 12.0 Å². The fourth-order valence-electron chi connectivity index (χ4n) is 2.06. The van der Waals surface area contributed by atoms with Crippen molar-refractivity contribution in [1.82, 2.24) is 0 Å². The fourth-order valence-corrected chi connectivity index (χ4v) is 2.06. The van der Waals surface area contributed by atoms with Crippen LogP contribution in [0.1, 0.15) is 17.5 Å². The van der Waals surface area contributed by atoms with Crippen LogP contribution in [0.4, 0.5) is 0 Å². The van der Waals surface area contributed by atoms with Crippen LogP contribution in [0.3, 0.4) is 0 Å². The van der Waals surface area contributed by atoms with Crippen LogP contribution in [0, 0.1) is 6.92 Å². The monoisotopic (exact) mass is 262 g/mol. The number of hydrogen-bond acceptors (Lipinski definition) is 4. The van der Waals surface area contributed by atoms with E-state index in [0.29, 0.717) is 5.56 Å². The number of aliphatic hydroxyl groups is 3. The molecule has 100 valence electrons. The van der Waals surface area contributed by atoms with E-state index >= 15 is 0 Å². The Hall–Kier alpha value is -2.27. The Bertz CT molecular complexity index is 582. The van der Waals surface area contributed by atoms with Gasteiger partial charge in [0.25, 0.3) is 0 Å². The third-order valence-electron chi connectivity index (χ3n) is 3.20. The first-order valence-corrected chi connectivity index (χ1v) is 5.70. The van der Waals surface area contributed by atoms with Crippen molar-refractivity contribution in [3.05, 3.63) is 58.6 Å². The molecule has 0 radical (unpaired) electrons. The van der Waals surface area contributed by atoms with Crippen LogP contribution in [-0.4, -0.2) is 26.4 Å². The van der Waals surface area contributed by atoms with Crippen molar-refractivity contribution in [2.75, 3.05) is 0 Å². The van der Waals surface area contributed by atoms with Gasteiger partial charge in [0.1, 0.15) is 0 Å². The Balaban J connectivity index is 2.52. The second-order valence-electron chi connectivity index (χ2n) is 4.61. The summed E-state index contributed by atoms with van der Waals surface area (Å²) < 4.78 is 0. The number of benzene rings is 1. The number of carboxylic acids is 1. The second kappa shape index (κ2) is 4.44. The lowest BCUT2D eigenvalue weighted by molar-refractivity contribution is -0.133. The maximum atomic E-state index is 11.0. The van der Waals surface area contributed by atoms with Crippen LogP contribution in [0.2, 0.25) is 0 Å². The van der Waals surface area contributed by atoms with E-state index in [1.807, 2.05) is 6.92 Å². The normalized spacial score (nSPS) is 23.2. The van der Waals surface area contributed by atoms with Gasteiger partial charge in [-0.3, -0.25) is 0 Å². The molecule has 1 aromatic carbocycles. The van der Waals surface area contributed by atoms with E-state index in [4.69, 9.17) is 5.11 Å². The Kier molecular flexibility index (Phi) is 3.08. The van der Waals surface area contributed by atoms with Gasteiger partial charge in [-0.1, -0.05) is 29.8 Å². The SMILES string of the molecule is Cc1ccc(C2(O)CC(C(=O)O)=CC(O)=C2O)cc1. The van der Waals surface area contributed by atoms with Crippen molar-refractivity contribution in [2.45, 2.75) is 18.9 Å². The van der Waals surface area contributed by atoms with Crippen LogP contribution in [0.15, 0.2) is 47.4 Å². The third kappa shape index (κ3) is 2.20. The summed E-state index contributed by atoms with van der Waals surface area (Å²) in [5.41, 5.74) is -0.794. The summed E-state index contributed by atoms with van der Waals surface area (Å²) in [6.45, 7) is 1.87. The summed E-state index contributed by atoms with van der Waals surface area (Å²) in [6, 6.07) is 6.64. The number of aryl methyl sites for hydroxylation is 1. The van der Waals surface area contributed by atoms with E-state index in [2.05, 4.69) is 0 Å². The molecule has 1 unspecified atom stereocenters. The molecule has 1 aliphatic rings. The maximum Gasteiger partial charge on any atom is 0.331 e. The van der Waals surface area contributed by atoms with Crippen LogP contribution in [0.5, 0.6) is 0 Å². The van der Waals surface area contributed by atoms with Crippen molar-refractivity contribution in [3.63, 3.8) is 0 Å². The first-order valence-electron chi connectivity index (χ1n) is 5.70. The van der Waals surface area contributed by atoms with Crippen molar-refractivity contribution < 1.29 is 25.2 Å². The summed E-state index contributed by atoms with van der Waals surface area (Å²) in [6.07, 6.45) is 0.640. The molecule has 1 atom stereocenters. The van der Waals surface area contributed by atoms with E-state index in [1.54, 1.807) is 24.3 Å². The molecular weight excluding hydrogens is 248 g/mol. The predicted octanol–water partition coefficient (Wildman–Crippen LogP) is 1.92. The number of carboxylic acid groups (broad SMARTS) is 1. The van der Waals surface area contributed by atoms with Gasteiger partial charge >= 0.3 is 5.97 Å². The van der Waals surface area contributed by atoms with Crippen molar-refractivity contribution in [3.8, 4) is 0 Å². The van der Waals surface area contributed by atoms with Gasteiger partial charge in [0.15, 0.2) is 17.1 Å². The van der Waals surface area contributed by atoms with Gasteiger partial charge in [-0.2, -0.15) is 0 Å². The molecule has 0 aliphatic heterocycles. The Labute approximate surface area is 109 Å². The van der Waals surface area contributed by atoms with Crippen molar-refractivity contribution >= 4 is 5.97 Å². The molecule has 0 fully saturated rings. The Morgan fingerprint density at radius 3 is 2.32 bits per heavy atom. The molecule has 0 saturated carbocycles. The number of carbonyl (C=O) groups is 1. The highest BCUT2D eigenvalue weighted by Gasteiger charge is 2.41. The lowest BCUT2D eigenvalue weighted by atomic mass is 9.81. The zero-order valence-corrected chi connectivity index (χ0v) is 10.3. The molecule has 4 N–H and O–H groups in total.